The first-order valence-electron chi connectivity index (χ1n) is 6.96. The van der Waals surface area contributed by atoms with Crippen molar-refractivity contribution in [1.82, 2.24) is 5.32 Å². The van der Waals surface area contributed by atoms with Gasteiger partial charge in [0.2, 0.25) is 0 Å². The maximum absolute atomic E-state index is 3.34. The highest BCUT2D eigenvalue weighted by molar-refractivity contribution is 5.40. The molecule has 0 spiro atoms. The highest BCUT2D eigenvalue weighted by Crippen LogP contribution is 2.73. The molecule has 17 heavy (non-hydrogen) atoms. The smallest absolute Gasteiger partial charge is 0.000577 e. The zero-order chi connectivity index (χ0) is 11.9. The number of hydrogen-bond acceptors (Lipinski definition) is 1. The van der Waals surface area contributed by atoms with Crippen LogP contribution in [0.2, 0.25) is 0 Å². The zero-order valence-electron chi connectivity index (χ0n) is 11.1. The molecule has 0 saturated heterocycles. The van der Waals surface area contributed by atoms with Crippen LogP contribution in [0.15, 0.2) is 24.3 Å². The number of hydrogen-bond donors (Lipinski definition) is 1. The van der Waals surface area contributed by atoms with Crippen LogP contribution < -0.4 is 5.32 Å². The van der Waals surface area contributed by atoms with Crippen LogP contribution in [0.4, 0.5) is 0 Å². The molecule has 3 aliphatic rings. The second kappa shape index (κ2) is 3.84. The van der Waals surface area contributed by atoms with E-state index in [0.717, 1.165) is 0 Å². The predicted molar refractivity (Wildman–Crippen MR) is 72.3 cm³/mol. The van der Waals surface area contributed by atoms with Crippen molar-refractivity contribution in [3.63, 3.8) is 0 Å². The van der Waals surface area contributed by atoms with Crippen molar-refractivity contribution < 1.29 is 0 Å². The lowest BCUT2D eigenvalue weighted by Gasteiger charge is -2.71. The summed E-state index contributed by atoms with van der Waals surface area (Å²) in [6.07, 6.45) is 6.70. The second-order valence-electron chi connectivity index (χ2n) is 6.29. The molecule has 1 nitrogen and oxygen atoms in total. The number of rotatable bonds is 5. The Kier molecular flexibility index (Phi) is 2.55. The van der Waals surface area contributed by atoms with Gasteiger partial charge in [0.1, 0.15) is 0 Å². The van der Waals surface area contributed by atoms with E-state index in [1.54, 1.807) is 5.56 Å². The third-order valence-corrected chi connectivity index (χ3v) is 4.80. The molecular formula is C16H23N. The molecule has 0 amide bonds. The summed E-state index contributed by atoms with van der Waals surface area (Å²) in [6, 6.07) is 9.44. The Morgan fingerprint density at radius 1 is 1.12 bits per heavy atom. The minimum atomic E-state index is 0.571. The highest BCUT2D eigenvalue weighted by Gasteiger charge is 2.67. The summed E-state index contributed by atoms with van der Waals surface area (Å²) in [5, 5.41) is 3.34. The third kappa shape index (κ3) is 1.63. The van der Waals surface area contributed by atoms with Gasteiger partial charge in [-0.1, -0.05) is 37.6 Å². The first-order chi connectivity index (χ1) is 8.22. The zero-order valence-corrected chi connectivity index (χ0v) is 11.1. The molecule has 1 aromatic rings. The average molecular weight is 229 g/mol. The van der Waals surface area contributed by atoms with Crippen LogP contribution >= 0.6 is 0 Å². The average Bonchev–Trinajstić information content (AvgIpc) is 2.23. The van der Waals surface area contributed by atoms with Gasteiger partial charge in [-0.25, -0.2) is 0 Å². The van der Waals surface area contributed by atoms with Gasteiger partial charge in [-0.05, 0) is 54.7 Å². The van der Waals surface area contributed by atoms with E-state index < -0.39 is 0 Å². The summed E-state index contributed by atoms with van der Waals surface area (Å²) in [5.41, 5.74) is 4.32. The number of aryl methyl sites for hydroxylation is 1. The highest BCUT2D eigenvalue weighted by atomic mass is 14.9. The monoisotopic (exact) mass is 229 g/mol. The van der Waals surface area contributed by atoms with Gasteiger partial charge in [0.25, 0.3) is 0 Å². The summed E-state index contributed by atoms with van der Waals surface area (Å²) in [5.74, 6) is 0. The molecule has 2 bridgehead atoms. The van der Waals surface area contributed by atoms with Crippen LogP contribution in [0.25, 0.3) is 0 Å². The van der Waals surface area contributed by atoms with Crippen molar-refractivity contribution >= 4 is 0 Å². The summed E-state index contributed by atoms with van der Waals surface area (Å²) < 4.78 is 0. The lowest BCUT2D eigenvalue weighted by Crippen LogP contribution is -2.67. The molecular weight excluding hydrogens is 206 g/mol. The predicted octanol–water partition coefficient (Wildman–Crippen LogP) is 3.28. The Bertz CT molecular complexity index is 384. The van der Waals surface area contributed by atoms with Gasteiger partial charge in [0.15, 0.2) is 0 Å². The quantitative estimate of drug-likeness (QED) is 0.817. The van der Waals surface area contributed by atoms with E-state index in [-0.39, 0.29) is 0 Å². The maximum atomic E-state index is 3.34. The van der Waals surface area contributed by atoms with Crippen molar-refractivity contribution in [2.24, 2.45) is 5.41 Å². The fourth-order valence-corrected chi connectivity index (χ4v) is 4.18. The second-order valence-corrected chi connectivity index (χ2v) is 6.29. The molecule has 0 atom stereocenters. The summed E-state index contributed by atoms with van der Waals surface area (Å²) in [7, 11) is 2.08. The molecule has 1 N–H and O–H groups in total. The largest absolute Gasteiger partial charge is 0.319 e. The van der Waals surface area contributed by atoms with Crippen molar-refractivity contribution in [1.29, 1.82) is 0 Å². The van der Waals surface area contributed by atoms with E-state index in [1.165, 1.54) is 44.2 Å². The SMILES string of the molecule is CCCc1ccc(C23CC(CNC)(C2)C3)cc1. The van der Waals surface area contributed by atoms with Crippen LogP contribution in [0.5, 0.6) is 0 Å². The molecule has 3 aliphatic carbocycles. The third-order valence-electron chi connectivity index (χ3n) is 4.80. The van der Waals surface area contributed by atoms with Gasteiger partial charge >= 0.3 is 0 Å². The molecule has 0 aliphatic heterocycles. The van der Waals surface area contributed by atoms with E-state index in [1.807, 2.05) is 0 Å². The Hall–Kier alpha value is -0.820. The van der Waals surface area contributed by atoms with E-state index in [0.29, 0.717) is 10.8 Å². The van der Waals surface area contributed by atoms with Gasteiger partial charge < -0.3 is 5.32 Å². The van der Waals surface area contributed by atoms with E-state index in [4.69, 9.17) is 0 Å². The lowest BCUT2D eigenvalue weighted by atomic mass is 9.33. The van der Waals surface area contributed by atoms with E-state index in [9.17, 15) is 0 Å². The molecule has 1 heteroatoms. The fraction of sp³-hybridized carbons (Fsp3) is 0.625. The summed E-state index contributed by atoms with van der Waals surface area (Å²) in [6.45, 7) is 3.46. The van der Waals surface area contributed by atoms with Crippen molar-refractivity contribution in [3.8, 4) is 0 Å². The normalized spacial score (nSPS) is 34.0. The first-order valence-corrected chi connectivity index (χ1v) is 6.96. The Labute approximate surface area is 105 Å². The Morgan fingerprint density at radius 3 is 2.29 bits per heavy atom. The van der Waals surface area contributed by atoms with Crippen molar-refractivity contribution in [3.05, 3.63) is 35.4 Å². The first kappa shape index (κ1) is 11.3. The Morgan fingerprint density at radius 2 is 1.76 bits per heavy atom. The van der Waals surface area contributed by atoms with Gasteiger partial charge in [0.05, 0.1) is 0 Å². The molecule has 4 rings (SSSR count). The van der Waals surface area contributed by atoms with Crippen LogP contribution in [0, 0.1) is 5.41 Å². The molecule has 3 fully saturated rings. The van der Waals surface area contributed by atoms with Crippen molar-refractivity contribution in [2.75, 3.05) is 13.6 Å². The Balaban J connectivity index is 1.68. The van der Waals surface area contributed by atoms with Gasteiger partial charge in [-0.15, -0.1) is 0 Å². The minimum Gasteiger partial charge on any atom is -0.319 e. The molecule has 0 radical (unpaired) electrons. The van der Waals surface area contributed by atoms with Crippen LogP contribution in [0.3, 0.4) is 0 Å². The van der Waals surface area contributed by atoms with Crippen LogP contribution in [-0.4, -0.2) is 13.6 Å². The fourth-order valence-electron chi connectivity index (χ4n) is 4.18. The lowest BCUT2D eigenvalue weighted by molar-refractivity contribution is -0.137. The van der Waals surface area contributed by atoms with Crippen molar-refractivity contribution in [2.45, 2.75) is 44.4 Å². The molecule has 0 heterocycles. The molecule has 3 saturated carbocycles. The molecule has 0 aromatic heterocycles. The topological polar surface area (TPSA) is 12.0 Å². The number of nitrogens with one attached hydrogen (secondary N) is 1. The minimum absolute atomic E-state index is 0.571. The van der Waals surface area contributed by atoms with Crippen LogP contribution in [-0.2, 0) is 11.8 Å². The van der Waals surface area contributed by atoms with Gasteiger partial charge in [-0.2, -0.15) is 0 Å². The van der Waals surface area contributed by atoms with Gasteiger partial charge in [-0.3, -0.25) is 0 Å². The summed E-state index contributed by atoms with van der Waals surface area (Å²) in [4.78, 5) is 0. The maximum Gasteiger partial charge on any atom is 0.000577 e. The van der Waals surface area contributed by atoms with Gasteiger partial charge in [0, 0.05) is 6.54 Å². The van der Waals surface area contributed by atoms with E-state index >= 15 is 0 Å². The molecule has 92 valence electrons. The van der Waals surface area contributed by atoms with Crippen LogP contribution in [0.1, 0.15) is 43.7 Å². The summed E-state index contributed by atoms with van der Waals surface area (Å²) >= 11 is 0. The standard InChI is InChI=1S/C16H23N/c1-3-4-13-5-7-14(8-6-13)16-9-15(10-16,11-16)12-17-2/h5-8,17H,3-4,9-12H2,1-2H3. The molecule has 1 aromatic carbocycles. The molecule has 0 unspecified atom stereocenters. The van der Waals surface area contributed by atoms with E-state index in [2.05, 4.69) is 43.6 Å². The number of benzene rings is 1.